The number of alkyl halides is 2. The molecule has 2 aromatic rings. The molecule has 0 saturated heterocycles. The summed E-state index contributed by atoms with van der Waals surface area (Å²) in [7, 11) is 0. The zero-order chi connectivity index (χ0) is 15.8. The second-order valence-electron chi connectivity index (χ2n) is 4.03. The Labute approximate surface area is 130 Å². The minimum Gasteiger partial charge on any atom is -0.490 e. The summed E-state index contributed by atoms with van der Waals surface area (Å²) in [4.78, 5) is 15.6. The fourth-order valence-corrected chi connectivity index (χ4v) is 2.18. The summed E-state index contributed by atoms with van der Waals surface area (Å²) in [6, 6.07) is 12.0. The van der Waals surface area contributed by atoms with Crippen LogP contribution in [0.4, 0.5) is 8.78 Å². The van der Waals surface area contributed by atoms with Crippen LogP contribution < -0.4 is 4.74 Å². The molecule has 1 heterocycles. The Balaban J connectivity index is 1.85. The summed E-state index contributed by atoms with van der Waals surface area (Å²) in [6.07, 6.45) is 1.35. The van der Waals surface area contributed by atoms with Gasteiger partial charge in [-0.05, 0) is 36.0 Å². The van der Waals surface area contributed by atoms with Crippen LogP contribution in [0.3, 0.4) is 0 Å². The van der Waals surface area contributed by atoms with E-state index in [1.807, 2.05) is 18.2 Å². The second kappa shape index (κ2) is 8.33. The standard InChI is InChI=1S/C15H13F2NO3S/c16-15(17)22-13-12(7-4-8-18-13)14(19)21-10-9-20-11-5-2-1-3-6-11/h1-8,15H,9-10H2. The molecule has 1 aromatic heterocycles. The Kier molecular flexibility index (Phi) is 6.14. The van der Waals surface area contributed by atoms with Gasteiger partial charge in [-0.25, -0.2) is 9.78 Å². The van der Waals surface area contributed by atoms with Crippen molar-refractivity contribution in [2.75, 3.05) is 13.2 Å². The lowest BCUT2D eigenvalue weighted by Crippen LogP contribution is -2.13. The van der Waals surface area contributed by atoms with Gasteiger partial charge in [0.15, 0.2) is 0 Å². The van der Waals surface area contributed by atoms with Gasteiger partial charge in [0.2, 0.25) is 0 Å². The maximum absolute atomic E-state index is 12.4. The number of aromatic nitrogens is 1. The van der Waals surface area contributed by atoms with Crippen LogP contribution in [-0.2, 0) is 4.74 Å². The molecule has 116 valence electrons. The van der Waals surface area contributed by atoms with Crippen LogP contribution in [0, 0.1) is 0 Å². The van der Waals surface area contributed by atoms with Gasteiger partial charge < -0.3 is 9.47 Å². The first kappa shape index (κ1) is 16.2. The number of pyridine rings is 1. The maximum Gasteiger partial charge on any atom is 0.341 e. The molecular formula is C15H13F2NO3S. The Morgan fingerprint density at radius 3 is 2.64 bits per heavy atom. The number of carbonyl (C=O) groups is 1. The Hall–Kier alpha value is -2.15. The number of carbonyl (C=O) groups excluding carboxylic acids is 1. The van der Waals surface area contributed by atoms with Crippen molar-refractivity contribution in [3.63, 3.8) is 0 Å². The van der Waals surface area contributed by atoms with Gasteiger partial charge in [-0.2, -0.15) is 8.78 Å². The number of para-hydroxylation sites is 1. The maximum atomic E-state index is 12.4. The van der Waals surface area contributed by atoms with E-state index in [2.05, 4.69) is 4.98 Å². The summed E-state index contributed by atoms with van der Waals surface area (Å²) < 4.78 is 35.2. The Morgan fingerprint density at radius 1 is 1.14 bits per heavy atom. The molecule has 0 aliphatic carbocycles. The molecule has 0 N–H and O–H groups in total. The number of nitrogens with zero attached hydrogens (tertiary/aromatic N) is 1. The molecule has 0 spiro atoms. The molecule has 1 aromatic carbocycles. The highest BCUT2D eigenvalue weighted by Crippen LogP contribution is 2.26. The Morgan fingerprint density at radius 2 is 1.91 bits per heavy atom. The molecule has 0 unspecified atom stereocenters. The molecule has 0 radical (unpaired) electrons. The van der Waals surface area contributed by atoms with E-state index in [1.54, 1.807) is 12.1 Å². The van der Waals surface area contributed by atoms with Crippen LogP contribution in [0.2, 0.25) is 0 Å². The molecule has 0 atom stereocenters. The summed E-state index contributed by atoms with van der Waals surface area (Å²) >= 11 is 0.213. The fraction of sp³-hybridized carbons (Fsp3) is 0.200. The number of hydrogen-bond acceptors (Lipinski definition) is 5. The van der Waals surface area contributed by atoms with Gasteiger partial charge in [-0.15, -0.1) is 0 Å². The van der Waals surface area contributed by atoms with Crippen LogP contribution in [0.15, 0.2) is 53.7 Å². The minimum absolute atomic E-state index is 0.0153. The smallest absolute Gasteiger partial charge is 0.341 e. The SMILES string of the molecule is O=C(OCCOc1ccccc1)c1cccnc1SC(F)F. The lowest BCUT2D eigenvalue weighted by atomic mass is 10.3. The highest BCUT2D eigenvalue weighted by atomic mass is 32.2. The van der Waals surface area contributed by atoms with E-state index in [1.165, 1.54) is 18.3 Å². The third-order valence-corrected chi connectivity index (χ3v) is 3.25. The molecule has 0 aliphatic rings. The zero-order valence-corrected chi connectivity index (χ0v) is 12.3. The van der Waals surface area contributed by atoms with Crippen molar-refractivity contribution in [3.05, 3.63) is 54.2 Å². The van der Waals surface area contributed by atoms with Crippen LogP contribution in [0.25, 0.3) is 0 Å². The number of halogens is 2. The molecule has 0 amide bonds. The van der Waals surface area contributed by atoms with Crippen molar-refractivity contribution < 1.29 is 23.0 Å². The van der Waals surface area contributed by atoms with Gasteiger partial charge in [0, 0.05) is 6.20 Å². The quantitative estimate of drug-likeness (QED) is 0.442. The monoisotopic (exact) mass is 325 g/mol. The van der Waals surface area contributed by atoms with Gasteiger partial charge in [0.25, 0.3) is 5.76 Å². The van der Waals surface area contributed by atoms with Crippen LogP contribution in [0.1, 0.15) is 10.4 Å². The predicted octanol–water partition coefficient (Wildman–Crippen LogP) is 3.63. The molecule has 0 bridgehead atoms. The van der Waals surface area contributed by atoms with Crippen LogP contribution in [0.5, 0.6) is 5.75 Å². The van der Waals surface area contributed by atoms with Crippen molar-refractivity contribution in [1.29, 1.82) is 0 Å². The van der Waals surface area contributed by atoms with E-state index in [9.17, 15) is 13.6 Å². The molecular weight excluding hydrogens is 312 g/mol. The normalized spacial score (nSPS) is 10.5. The summed E-state index contributed by atoms with van der Waals surface area (Å²) in [5, 5.41) is -0.0496. The zero-order valence-electron chi connectivity index (χ0n) is 11.4. The predicted molar refractivity (Wildman–Crippen MR) is 78.3 cm³/mol. The Bertz CT molecular complexity index is 611. The van der Waals surface area contributed by atoms with Crippen molar-refractivity contribution in [3.8, 4) is 5.75 Å². The number of thioether (sulfide) groups is 1. The number of rotatable bonds is 7. The lowest BCUT2D eigenvalue weighted by molar-refractivity contribution is 0.0445. The van der Waals surface area contributed by atoms with E-state index in [4.69, 9.17) is 9.47 Å². The van der Waals surface area contributed by atoms with E-state index in [0.29, 0.717) is 5.75 Å². The van der Waals surface area contributed by atoms with Crippen molar-refractivity contribution in [2.45, 2.75) is 10.8 Å². The minimum atomic E-state index is -2.65. The summed E-state index contributed by atoms with van der Waals surface area (Å²) in [5.74, 6) is -2.69. The average molecular weight is 325 g/mol. The average Bonchev–Trinajstić information content (AvgIpc) is 2.52. The van der Waals surface area contributed by atoms with Gasteiger partial charge in [-0.1, -0.05) is 18.2 Å². The first-order valence-corrected chi connectivity index (χ1v) is 7.29. The number of hydrogen-bond donors (Lipinski definition) is 0. The molecule has 4 nitrogen and oxygen atoms in total. The summed E-state index contributed by atoms with van der Waals surface area (Å²) in [6.45, 7) is 0.189. The lowest BCUT2D eigenvalue weighted by Gasteiger charge is -2.09. The van der Waals surface area contributed by atoms with Crippen LogP contribution in [-0.4, -0.2) is 29.9 Å². The number of ether oxygens (including phenoxy) is 2. The van der Waals surface area contributed by atoms with Crippen molar-refractivity contribution in [2.24, 2.45) is 0 Å². The molecule has 0 saturated carbocycles. The topological polar surface area (TPSA) is 48.4 Å². The van der Waals surface area contributed by atoms with E-state index in [0.717, 1.165) is 0 Å². The molecule has 0 aliphatic heterocycles. The van der Waals surface area contributed by atoms with E-state index >= 15 is 0 Å². The van der Waals surface area contributed by atoms with Gasteiger partial charge in [-0.3, -0.25) is 0 Å². The van der Waals surface area contributed by atoms with E-state index < -0.39 is 11.7 Å². The first-order valence-electron chi connectivity index (χ1n) is 6.41. The van der Waals surface area contributed by atoms with Gasteiger partial charge in [0.05, 0.1) is 5.56 Å². The van der Waals surface area contributed by atoms with Gasteiger partial charge >= 0.3 is 5.97 Å². The second-order valence-corrected chi connectivity index (χ2v) is 5.01. The first-order chi connectivity index (χ1) is 10.7. The highest BCUT2D eigenvalue weighted by Gasteiger charge is 2.17. The van der Waals surface area contributed by atoms with Crippen molar-refractivity contribution in [1.82, 2.24) is 4.98 Å². The number of esters is 1. The number of benzene rings is 1. The molecule has 22 heavy (non-hydrogen) atoms. The molecule has 0 fully saturated rings. The summed E-state index contributed by atoms with van der Waals surface area (Å²) in [5.41, 5.74) is 0.0208. The largest absolute Gasteiger partial charge is 0.490 e. The van der Waals surface area contributed by atoms with Crippen molar-refractivity contribution >= 4 is 17.7 Å². The van der Waals surface area contributed by atoms with Gasteiger partial charge in [0.1, 0.15) is 24.0 Å². The fourth-order valence-electron chi connectivity index (χ4n) is 1.61. The molecule has 7 heteroatoms. The third-order valence-electron chi connectivity index (χ3n) is 2.52. The highest BCUT2D eigenvalue weighted by molar-refractivity contribution is 7.99. The van der Waals surface area contributed by atoms with E-state index in [-0.39, 0.29) is 35.6 Å². The third kappa shape index (κ3) is 5.00. The van der Waals surface area contributed by atoms with Crippen LogP contribution >= 0.6 is 11.8 Å². The molecule has 2 rings (SSSR count).